The number of likely N-dealkylation sites (tertiary alicyclic amines) is 2. The molecule has 4 heterocycles. The minimum Gasteiger partial charge on any atom is -0.453 e. The maximum Gasteiger partial charge on any atom is 0.407 e. The number of aryl methyl sites for hydroxylation is 2. The first-order valence-corrected chi connectivity index (χ1v) is 23.7. The summed E-state index contributed by atoms with van der Waals surface area (Å²) < 4.78 is 9.63. The number of carbonyl (C=O) groups excluding carboxylic acids is 4. The van der Waals surface area contributed by atoms with Crippen molar-refractivity contribution in [2.45, 2.75) is 92.4 Å². The summed E-state index contributed by atoms with van der Waals surface area (Å²) in [6.45, 7) is 17.4. The summed E-state index contributed by atoms with van der Waals surface area (Å²) in [5.41, 5.74) is 10.6. The molecule has 4 N–H and O–H groups in total. The summed E-state index contributed by atoms with van der Waals surface area (Å²) in [4.78, 5) is 72.2. The Labute approximate surface area is 398 Å². The van der Waals surface area contributed by atoms with Crippen molar-refractivity contribution < 1.29 is 28.7 Å². The van der Waals surface area contributed by atoms with E-state index >= 15 is 0 Å². The molecule has 0 saturated carbocycles. The molecule has 2 fully saturated rings. The number of methoxy groups -OCH3 is 2. The molecular weight excluding hydrogens is 857 g/mol. The number of imidazole rings is 2. The van der Waals surface area contributed by atoms with Crippen LogP contribution in [-0.4, -0.2) is 93.1 Å². The highest BCUT2D eigenvalue weighted by molar-refractivity contribution is 6.08. The van der Waals surface area contributed by atoms with E-state index in [4.69, 9.17) is 19.4 Å². The summed E-state index contributed by atoms with van der Waals surface area (Å²) in [5.74, 6) is 1.47. The number of aromatic amines is 2. The number of carbonyl (C=O) groups is 4. The number of hydrogen-bond donors (Lipinski definition) is 4. The number of fused-ring (bicyclic) bond motifs is 1. The van der Waals surface area contributed by atoms with Gasteiger partial charge in [0.05, 0.1) is 50.1 Å². The fourth-order valence-electron chi connectivity index (χ4n) is 10.1. The van der Waals surface area contributed by atoms with Gasteiger partial charge in [-0.2, -0.15) is 0 Å². The second kappa shape index (κ2) is 19.7. The van der Waals surface area contributed by atoms with Crippen LogP contribution in [-0.2, 0) is 19.1 Å². The number of alkyl carbamates (subject to hydrolysis) is 2. The van der Waals surface area contributed by atoms with Gasteiger partial charge in [0.25, 0.3) is 0 Å². The van der Waals surface area contributed by atoms with E-state index < -0.39 is 24.3 Å². The maximum atomic E-state index is 13.8. The van der Waals surface area contributed by atoms with Crippen molar-refractivity contribution >= 4 is 34.8 Å². The third kappa shape index (κ3) is 9.45. The van der Waals surface area contributed by atoms with Gasteiger partial charge in [0, 0.05) is 13.1 Å². The van der Waals surface area contributed by atoms with Crippen LogP contribution in [0.4, 0.5) is 9.59 Å². The van der Waals surface area contributed by atoms with Crippen LogP contribution in [0.3, 0.4) is 0 Å². The molecule has 2 aliphatic heterocycles. The largest absolute Gasteiger partial charge is 0.453 e. The van der Waals surface area contributed by atoms with Crippen LogP contribution in [0.15, 0.2) is 85.2 Å². The molecule has 2 saturated heterocycles. The maximum absolute atomic E-state index is 13.8. The van der Waals surface area contributed by atoms with Crippen LogP contribution in [0.5, 0.6) is 0 Å². The second-order valence-electron chi connectivity index (χ2n) is 19.5. The Morgan fingerprint density at radius 3 is 1.26 bits per heavy atom. The first-order chi connectivity index (χ1) is 32.6. The summed E-state index contributed by atoms with van der Waals surface area (Å²) in [7, 11) is 2.60. The van der Waals surface area contributed by atoms with Crippen molar-refractivity contribution in [3.05, 3.63) is 108 Å². The second-order valence-corrected chi connectivity index (χ2v) is 19.5. The number of aromatic nitrogens is 4. The van der Waals surface area contributed by atoms with Crippen molar-refractivity contribution in [1.29, 1.82) is 0 Å². The minimum atomic E-state index is -0.707. The van der Waals surface area contributed by atoms with Gasteiger partial charge in [0.2, 0.25) is 11.8 Å². The molecule has 0 aliphatic carbocycles. The number of nitrogens with one attached hydrogen (secondary N) is 4. The fourth-order valence-corrected chi connectivity index (χ4v) is 10.1. The van der Waals surface area contributed by atoms with Gasteiger partial charge in [0.1, 0.15) is 23.7 Å². The lowest BCUT2D eigenvalue weighted by molar-refractivity contribution is -0.136. The van der Waals surface area contributed by atoms with E-state index in [1.807, 2.05) is 49.9 Å². The highest BCUT2D eigenvalue weighted by Crippen LogP contribution is 2.42. The molecule has 0 spiro atoms. The van der Waals surface area contributed by atoms with Crippen LogP contribution < -0.4 is 10.6 Å². The van der Waals surface area contributed by atoms with Gasteiger partial charge >= 0.3 is 12.2 Å². The molecule has 0 radical (unpaired) electrons. The van der Waals surface area contributed by atoms with Crippen LogP contribution >= 0.6 is 0 Å². The van der Waals surface area contributed by atoms with Crippen molar-refractivity contribution in [3.8, 4) is 44.8 Å². The molecule has 2 aromatic heterocycles. The molecule has 0 unspecified atom stereocenters. The first kappa shape index (κ1) is 47.5. The van der Waals surface area contributed by atoms with Crippen LogP contribution in [0.1, 0.15) is 89.2 Å². The summed E-state index contributed by atoms with van der Waals surface area (Å²) >= 11 is 0. The van der Waals surface area contributed by atoms with Crippen molar-refractivity contribution in [3.63, 3.8) is 0 Å². The molecule has 4 aromatic carbocycles. The Morgan fingerprint density at radius 1 is 0.574 bits per heavy atom. The number of H-pyrrole nitrogens is 2. The van der Waals surface area contributed by atoms with Gasteiger partial charge in [-0.15, -0.1) is 0 Å². The molecule has 4 amide bonds. The predicted octanol–water partition coefficient (Wildman–Crippen LogP) is 10.2. The van der Waals surface area contributed by atoms with E-state index in [2.05, 4.69) is 121 Å². The lowest BCUT2D eigenvalue weighted by atomic mass is 9.87. The average molecular weight is 921 g/mol. The SMILES string of the molecule is COC(=O)N[C@H](C(=O)N1C[C@H](C)C[C@H]1c1ncc(-c2ccc(-c3ccc(-c4ccc(-c5cnc([C@@H]6C[C@@H](C)CN6C(=O)[C@@H](NC(=O)OC)C(C)C)[nH]5)cc4)c4c(C)ccc(C)c34)cc2)[nH]1)C(C)C. The quantitative estimate of drug-likeness (QED) is 0.0938. The molecule has 2 aliphatic rings. The zero-order chi connectivity index (χ0) is 48.6. The van der Waals surface area contributed by atoms with Gasteiger partial charge in [0.15, 0.2) is 0 Å². The van der Waals surface area contributed by atoms with Gasteiger partial charge in [-0.25, -0.2) is 19.6 Å². The molecule has 356 valence electrons. The Hall–Kier alpha value is -6.96. The van der Waals surface area contributed by atoms with Gasteiger partial charge < -0.3 is 39.9 Å². The fraction of sp³-hybridized carbons (Fsp3) is 0.407. The lowest BCUT2D eigenvalue weighted by Gasteiger charge is -2.30. The Balaban J connectivity index is 1.02. The molecule has 14 heteroatoms. The highest BCUT2D eigenvalue weighted by Gasteiger charge is 2.41. The summed E-state index contributed by atoms with van der Waals surface area (Å²) in [5, 5.41) is 7.87. The van der Waals surface area contributed by atoms with E-state index in [1.165, 1.54) is 36.1 Å². The van der Waals surface area contributed by atoms with Gasteiger partial charge in [-0.05, 0) is 106 Å². The Kier molecular flexibility index (Phi) is 13.8. The van der Waals surface area contributed by atoms with Crippen molar-refractivity contribution in [2.75, 3.05) is 27.3 Å². The third-order valence-corrected chi connectivity index (χ3v) is 13.8. The number of rotatable bonds is 12. The monoisotopic (exact) mass is 920 g/mol. The Morgan fingerprint density at radius 2 is 0.926 bits per heavy atom. The summed E-state index contributed by atoms with van der Waals surface area (Å²) in [6, 6.07) is 24.0. The molecule has 6 atom stereocenters. The van der Waals surface area contributed by atoms with Crippen molar-refractivity contribution in [1.82, 2.24) is 40.4 Å². The van der Waals surface area contributed by atoms with Crippen LogP contribution in [0.25, 0.3) is 55.5 Å². The van der Waals surface area contributed by atoms with E-state index in [-0.39, 0.29) is 47.6 Å². The molecule has 68 heavy (non-hydrogen) atoms. The summed E-state index contributed by atoms with van der Waals surface area (Å²) in [6.07, 6.45) is 3.95. The smallest absolute Gasteiger partial charge is 0.407 e. The number of amides is 4. The highest BCUT2D eigenvalue weighted by atomic mass is 16.5. The Bertz CT molecular complexity index is 2620. The van der Waals surface area contributed by atoms with E-state index in [0.29, 0.717) is 13.1 Å². The molecule has 6 aromatic rings. The predicted molar refractivity (Wildman–Crippen MR) is 264 cm³/mol. The zero-order valence-electron chi connectivity index (χ0n) is 40.8. The lowest BCUT2D eigenvalue weighted by Crippen LogP contribution is -2.51. The van der Waals surface area contributed by atoms with E-state index in [1.54, 1.807) is 0 Å². The van der Waals surface area contributed by atoms with Crippen LogP contribution in [0, 0.1) is 37.5 Å². The standard InChI is InChI=1S/C54H64N8O6/c1-29(2)47(59-53(65)67-9)51(63)61-27-31(5)23-43(61)49-55-25-41(57-49)37-17-13-35(14-18-37)39-21-22-40(46-34(8)12-11-33(7)45(39)46)36-15-19-38(20-16-36)42-26-56-50(58-42)44-24-32(6)28-62(44)52(64)48(30(3)4)60-54(66)68-10/h11-22,25-26,29-32,43-44,47-48H,23-24,27-28H2,1-10H3,(H,55,57)(H,56,58)(H,59,65)(H,60,66)/t31-,32-,43+,44+,47+,48+/m1/s1. The number of hydrogen-bond acceptors (Lipinski definition) is 8. The van der Waals surface area contributed by atoms with E-state index in [0.717, 1.165) is 69.3 Å². The average Bonchev–Trinajstić information content (AvgIpc) is 4.17. The minimum absolute atomic E-state index is 0.121. The topological polar surface area (TPSA) is 175 Å². The van der Waals surface area contributed by atoms with Gasteiger partial charge in [-0.1, -0.05) is 114 Å². The molecule has 14 nitrogen and oxygen atoms in total. The molecule has 0 bridgehead atoms. The molecular formula is C54H64N8O6. The zero-order valence-corrected chi connectivity index (χ0v) is 40.8. The first-order valence-electron chi connectivity index (χ1n) is 23.7. The van der Waals surface area contributed by atoms with Gasteiger partial charge in [-0.3, -0.25) is 9.59 Å². The van der Waals surface area contributed by atoms with Crippen molar-refractivity contribution in [2.24, 2.45) is 23.7 Å². The number of nitrogens with zero attached hydrogens (tertiary/aromatic N) is 4. The van der Waals surface area contributed by atoms with Crippen LogP contribution in [0.2, 0.25) is 0 Å². The number of ether oxygens (including phenoxy) is 2. The third-order valence-electron chi connectivity index (χ3n) is 13.8. The normalized spacial score (nSPS) is 19.1. The van der Waals surface area contributed by atoms with E-state index in [9.17, 15) is 19.2 Å². The number of benzene rings is 4. The molecule has 8 rings (SSSR count).